The molecule has 0 aromatic heterocycles. The van der Waals surface area contributed by atoms with Gasteiger partial charge < -0.3 is 10.6 Å². The third-order valence-electron chi connectivity index (χ3n) is 1.31. The molecule has 0 aliphatic carbocycles. The molecule has 0 radical (unpaired) electrons. The molecule has 0 bridgehead atoms. The average molecular weight is 171 g/mol. The van der Waals surface area contributed by atoms with Crippen molar-refractivity contribution in [2.75, 3.05) is 27.2 Å². The van der Waals surface area contributed by atoms with Crippen LogP contribution >= 0.6 is 11.8 Å². The molecule has 0 spiro atoms. The van der Waals surface area contributed by atoms with Gasteiger partial charge in [0.25, 0.3) is 0 Å². The van der Waals surface area contributed by atoms with E-state index in [1.165, 1.54) is 4.91 Å². The normalized spacial score (nSPS) is 21.4. The van der Waals surface area contributed by atoms with Gasteiger partial charge in [-0.3, -0.25) is 4.99 Å². The van der Waals surface area contributed by atoms with Gasteiger partial charge in [0.05, 0.1) is 6.54 Å². The SMILES string of the molecule is CN(C)C/C=C1/CN=C(N)S1. The molecule has 1 aliphatic rings. The van der Waals surface area contributed by atoms with Gasteiger partial charge >= 0.3 is 0 Å². The predicted molar refractivity (Wildman–Crippen MR) is 50.7 cm³/mol. The van der Waals surface area contributed by atoms with Gasteiger partial charge in [0.15, 0.2) is 5.17 Å². The van der Waals surface area contributed by atoms with Crippen molar-refractivity contribution in [1.29, 1.82) is 0 Å². The summed E-state index contributed by atoms with van der Waals surface area (Å²) in [6.07, 6.45) is 2.16. The third kappa shape index (κ3) is 2.95. The van der Waals surface area contributed by atoms with Crippen molar-refractivity contribution in [2.24, 2.45) is 10.7 Å². The molecule has 0 aromatic carbocycles. The van der Waals surface area contributed by atoms with E-state index in [0.29, 0.717) is 5.17 Å². The van der Waals surface area contributed by atoms with E-state index in [4.69, 9.17) is 5.73 Å². The maximum atomic E-state index is 5.49. The van der Waals surface area contributed by atoms with Crippen LogP contribution in [0.1, 0.15) is 0 Å². The summed E-state index contributed by atoms with van der Waals surface area (Å²) in [6.45, 7) is 1.73. The molecular weight excluding hydrogens is 158 g/mol. The predicted octanol–water partition coefficient (Wildman–Crippen LogP) is 0.493. The van der Waals surface area contributed by atoms with Gasteiger partial charge in [-0.2, -0.15) is 0 Å². The summed E-state index contributed by atoms with van der Waals surface area (Å²) >= 11 is 1.57. The van der Waals surface area contributed by atoms with Crippen LogP contribution in [-0.2, 0) is 0 Å². The minimum absolute atomic E-state index is 0.690. The van der Waals surface area contributed by atoms with Crippen LogP contribution < -0.4 is 5.73 Å². The molecule has 4 heteroatoms. The molecule has 1 rings (SSSR count). The minimum atomic E-state index is 0.690. The van der Waals surface area contributed by atoms with E-state index < -0.39 is 0 Å². The number of aliphatic imine (C=N–C) groups is 1. The van der Waals surface area contributed by atoms with Crippen molar-refractivity contribution in [3.63, 3.8) is 0 Å². The van der Waals surface area contributed by atoms with Gasteiger partial charge in [-0.05, 0) is 14.1 Å². The highest BCUT2D eigenvalue weighted by atomic mass is 32.2. The summed E-state index contributed by atoms with van der Waals surface area (Å²) < 4.78 is 0. The minimum Gasteiger partial charge on any atom is -0.378 e. The highest BCUT2D eigenvalue weighted by Gasteiger charge is 2.07. The van der Waals surface area contributed by atoms with Crippen LogP contribution in [0.3, 0.4) is 0 Å². The van der Waals surface area contributed by atoms with E-state index >= 15 is 0 Å². The number of likely N-dealkylation sites (N-methyl/N-ethyl adjacent to an activating group) is 1. The lowest BCUT2D eigenvalue weighted by Crippen LogP contribution is -2.11. The van der Waals surface area contributed by atoms with Gasteiger partial charge in [0.1, 0.15) is 0 Å². The molecule has 1 heterocycles. The van der Waals surface area contributed by atoms with E-state index in [2.05, 4.69) is 16.0 Å². The van der Waals surface area contributed by atoms with E-state index in [1.807, 2.05) is 14.1 Å². The Morgan fingerprint density at radius 2 is 2.45 bits per heavy atom. The smallest absolute Gasteiger partial charge is 0.158 e. The van der Waals surface area contributed by atoms with Crippen LogP contribution in [0.25, 0.3) is 0 Å². The van der Waals surface area contributed by atoms with Gasteiger partial charge in [-0.25, -0.2) is 0 Å². The van der Waals surface area contributed by atoms with Crippen LogP contribution in [0, 0.1) is 0 Å². The first kappa shape index (κ1) is 8.62. The Bertz CT molecular complexity index is 196. The van der Waals surface area contributed by atoms with Crippen molar-refractivity contribution in [3.8, 4) is 0 Å². The van der Waals surface area contributed by atoms with Gasteiger partial charge in [-0.15, -0.1) is 0 Å². The number of amidine groups is 1. The fraction of sp³-hybridized carbons (Fsp3) is 0.571. The summed E-state index contributed by atoms with van der Waals surface area (Å²) in [4.78, 5) is 7.44. The number of nitrogens with two attached hydrogens (primary N) is 1. The van der Waals surface area contributed by atoms with E-state index in [1.54, 1.807) is 11.8 Å². The monoisotopic (exact) mass is 171 g/mol. The summed E-state index contributed by atoms with van der Waals surface area (Å²) in [7, 11) is 4.09. The maximum Gasteiger partial charge on any atom is 0.158 e. The highest BCUT2D eigenvalue weighted by Crippen LogP contribution is 2.21. The Kier molecular flexibility index (Phi) is 2.96. The molecule has 0 amide bonds. The Morgan fingerprint density at radius 1 is 1.73 bits per heavy atom. The number of thioether (sulfide) groups is 1. The first-order valence-corrected chi connectivity index (χ1v) is 4.31. The molecule has 0 fully saturated rings. The summed E-state index contributed by atoms with van der Waals surface area (Å²) in [5.41, 5.74) is 5.49. The molecule has 0 atom stereocenters. The first-order valence-electron chi connectivity index (χ1n) is 3.50. The number of nitrogens with zero attached hydrogens (tertiary/aromatic N) is 2. The highest BCUT2D eigenvalue weighted by molar-refractivity contribution is 8.17. The zero-order valence-corrected chi connectivity index (χ0v) is 7.69. The topological polar surface area (TPSA) is 41.6 Å². The zero-order chi connectivity index (χ0) is 8.27. The second-order valence-corrected chi connectivity index (χ2v) is 3.84. The Labute approximate surface area is 71.4 Å². The first-order chi connectivity index (χ1) is 5.18. The lowest BCUT2D eigenvalue weighted by atomic mass is 10.4. The van der Waals surface area contributed by atoms with Gasteiger partial charge in [0.2, 0.25) is 0 Å². The second-order valence-electron chi connectivity index (χ2n) is 2.69. The third-order valence-corrected chi connectivity index (χ3v) is 2.21. The van der Waals surface area contributed by atoms with E-state index in [-0.39, 0.29) is 0 Å². The molecular formula is C7H13N3S. The fourth-order valence-corrected chi connectivity index (χ4v) is 1.43. The molecule has 0 aromatic rings. The maximum absolute atomic E-state index is 5.49. The standard InChI is InChI=1S/C7H13N3S/c1-10(2)4-3-6-5-9-7(8)11-6/h3H,4-5H2,1-2H3,(H2,8,9)/b6-3-. The molecule has 0 unspecified atom stereocenters. The fourth-order valence-electron chi connectivity index (χ4n) is 0.745. The van der Waals surface area contributed by atoms with E-state index in [0.717, 1.165) is 13.1 Å². The van der Waals surface area contributed by atoms with Crippen molar-refractivity contribution < 1.29 is 0 Å². The van der Waals surface area contributed by atoms with Crippen LogP contribution in [-0.4, -0.2) is 37.3 Å². The Morgan fingerprint density at radius 3 is 2.91 bits per heavy atom. The van der Waals surface area contributed by atoms with Gasteiger partial charge in [-0.1, -0.05) is 17.8 Å². The molecule has 3 nitrogen and oxygen atoms in total. The molecule has 0 saturated carbocycles. The van der Waals surface area contributed by atoms with E-state index in [9.17, 15) is 0 Å². The van der Waals surface area contributed by atoms with Crippen LogP contribution in [0.15, 0.2) is 16.0 Å². The van der Waals surface area contributed by atoms with Crippen molar-refractivity contribution >= 4 is 16.9 Å². The summed E-state index contributed by atoms with van der Waals surface area (Å²) in [5.74, 6) is 0. The molecule has 2 N–H and O–H groups in total. The van der Waals surface area contributed by atoms with Crippen LogP contribution in [0.5, 0.6) is 0 Å². The number of rotatable bonds is 2. The lowest BCUT2D eigenvalue weighted by molar-refractivity contribution is 0.456. The second kappa shape index (κ2) is 3.78. The number of hydrogen-bond acceptors (Lipinski definition) is 4. The molecule has 11 heavy (non-hydrogen) atoms. The van der Waals surface area contributed by atoms with Gasteiger partial charge in [0, 0.05) is 11.4 Å². The Balaban J connectivity index is 2.34. The van der Waals surface area contributed by atoms with Crippen molar-refractivity contribution in [3.05, 3.63) is 11.0 Å². The van der Waals surface area contributed by atoms with Crippen molar-refractivity contribution in [1.82, 2.24) is 4.90 Å². The quantitative estimate of drug-likeness (QED) is 0.657. The molecule has 1 aliphatic heterocycles. The average Bonchev–Trinajstić information content (AvgIpc) is 2.31. The molecule has 0 saturated heterocycles. The zero-order valence-electron chi connectivity index (χ0n) is 6.87. The Hall–Kier alpha value is -0.480. The van der Waals surface area contributed by atoms with Crippen LogP contribution in [0.2, 0.25) is 0 Å². The largest absolute Gasteiger partial charge is 0.378 e. The lowest BCUT2D eigenvalue weighted by Gasteiger charge is -2.04. The number of hydrogen-bond donors (Lipinski definition) is 1. The van der Waals surface area contributed by atoms with Crippen molar-refractivity contribution in [2.45, 2.75) is 0 Å². The summed E-state index contributed by atoms with van der Waals surface area (Å²) in [5, 5.41) is 0.690. The summed E-state index contributed by atoms with van der Waals surface area (Å²) in [6, 6.07) is 0. The van der Waals surface area contributed by atoms with Crippen LogP contribution in [0.4, 0.5) is 0 Å². The molecule has 62 valence electrons.